The fourth-order valence-corrected chi connectivity index (χ4v) is 4.75. The van der Waals surface area contributed by atoms with E-state index in [1.165, 1.54) is 61.5 Å². The molecule has 0 saturated carbocycles. The molecule has 0 fully saturated rings. The lowest BCUT2D eigenvalue weighted by Crippen LogP contribution is -2.38. The van der Waals surface area contributed by atoms with Crippen molar-refractivity contribution in [2.45, 2.75) is 18.7 Å². The molecule has 0 bridgehead atoms. The minimum atomic E-state index is -4.15. The molecule has 178 valence electrons. The lowest BCUT2D eigenvalue weighted by atomic mass is 10.1. The summed E-state index contributed by atoms with van der Waals surface area (Å²) in [5.74, 6) is -0.123. The number of carbonyl (C=O) groups excluding carboxylic acids is 1. The Morgan fingerprint density at radius 3 is 2.32 bits per heavy atom. The molecule has 0 radical (unpaired) electrons. The van der Waals surface area contributed by atoms with Crippen LogP contribution in [0.2, 0.25) is 5.02 Å². The number of hydrogen-bond acceptors (Lipinski definition) is 6. The molecule has 0 aliphatic rings. The van der Waals surface area contributed by atoms with Gasteiger partial charge in [0.2, 0.25) is 5.91 Å². The lowest BCUT2D eigenvalue weighted by molar-refractivity contribution is -0.385. The highest BCUT2D eigenvalue weighted by molar-refractivity contribution is 7.92. The number of nitrogens with one attached hydrogen (secondary N) is 1. The highest BCUT2D eigenvalue weighted by Gasteiger charge is 2.28. The van der Waals surface area contributed by atoms with Gasteiger partial charge in [-0.1, -0.05) is 17.7 Å². The molecule has 0 saturated heterocycles. The van der Waals surface area contributed by atoms with Crippen molar-refractivity contribution in [3.8, 4) is 5.75 Å². The van der Waals surface area contributed by atoms with Gasteiger partial charge in [-0.25, -0.2) is 8.42 Å². The van der Waals surface area contributed by atoms with Crippen molar-refractivity contribution in [1.82, 2.24) is 0 Å². The topological polar surface area (TPSA) is 119 Å². The second-order valence-electron chi connectivity index (χ2n) is 7.15. The maximum absolute atomic E-state index is 13.4. The van der Waals surface area contributed by atoms with Gasteiger partial charge in [0, 0.05) is 11.1 Å². The lowest BCUT2D eigenvalue weighted by Gasteiger charge is -2.24. The maximum atomic E-state index is 13.4. The van der Waals surface area contributed by atoms with Gasteiger partial charge < -0.3 is 10.1 Å². The molecule has 3 aromatic rings. The first-order chi connectivity index (χ1) is 16.1. The molecule has 34 heavy (non-hydrogen) atoms. The van der Waals surface area contributed by atoms with Crippen LogP contribution in [-0.2, 0) is 14.8 Å². The number of benzene rings is 3. The molecule has 0 heterocycles. The minimum absolute atomic E-state index is 0.0508. The van der Waals surface area contributed by atoms with Crippen LogP contribution in [0.3, 0.4) is 0 Å². The molecule has 1 N–H and O–H groups in total. The molecule has 0 unspecified atom stereocenters. The van der Waals surface area contributed by atoms with E-state index in [0.717, 1.165) is 4.31 Å². The number of ether oxygens (including phenoxy) is 1. The van der Waals surface area contributed by atoms with Gasteiger partial charge in [0.15, 0.2) is 0 Å². The number of sulfonamides is 1. The Hall–Kier alpha value is -3.63. The third kappa shape index (κ3) is 5.64. The Kier molecular flexibility index (Phi) is 7.75. The van der Waals surface area contributed by atoms with E-state index in [-0.39, 0.29) is 27.5 Å². The van der Waals surface area contributed by atoms with Crippen molar-refractivity contribution in [3.05, 3.63) is 87.4 Å². The Morgan fingerprint density at radius 1 is 1.09 bits per heavy atom. The van der Waals surface area contributed by atoms with Crippen LogP contribution < -0.4 is 14.4 Å². The SMILES string of the molecule is CCOc1ccc(N(CC(=O)Nc2cccc([N+](=O)[O-])c2C)S(=O)(=O)c2ccc(Cl)cc2)cc1. The van der Waals surface area contributed by atoms with Gasteiger partial charge in [0.1, 0.15) is 12.3 Å². The standard InChI is InChI=1S/C23H22ClN3O6S/c1-3-33-19-11-9-18(10-12-19)26(34(31,32)20-13-7-17(24)8-14-20)15-23(28)25-21-5-4-6-22(16(21)2)27(29)30/h4-14H,3,15H2,1-2H3,(H,25,28). The second kappa shape index (κ2) is 10.5. The smallest absolute Gasteiger partial charge is 0.274 e. The zero-order valence-corrected chi connectivity index (χ0v) is 20.0. The van der Waals surface area contributed by atoms with E-state index < -0.39 is 27.4 Å². The van der Waals surface area contributed by atoms with Crippen molar-refractivity contribution in [2.75, 3.05) is 22.8 Å². The number of nitro benzene ring substituents is 1. The number of anilines is 2. The Bertz CT molecular complexity index is 1300. The van der Waals surface area contributed by atoms with Gasteiger partial charge in [-0.15, -0.1) is 0 Å². The Labute approximate surface area is 202 Å². The monoisotopic (exact) mass is 503 g/mol. The molecular formula is C23H22ClN3O6S. The summed E-state index contributed by atoms with van der Waals surface area (Å²) in [4.78, 5) is 23.5. The van der Waals surface area contributed by atoms with E-state index in [1.54, 1.807) is 12.1 Å². The number of nitrogens with zero attached hydrogens (tertiary/aromatic N) is 2. The predicted molar refractivity (Wildman–Crippen MR) is 130 cm³/mol. The summed E-state index contributed by atoms with van der Waals surface area (Å²) < 4.78 is 33.2. The van der Waals surface area contributed by atoms with Crippen molar-refractivity contribution in [3.63, 3.8) is 0 Å². The number of hydrogen-bond donors (Lipinski definition) is 1. The summed E-state index contributed by atoms with van der Waals surface area (Å²) in [6, 6.07) is 16.1. The summed E-state index contributed by atoms with van der Waals surface area (Å²) in [6.45, 7) is 3.20. The quantitative estimate of drug-likeness (QED) is 0.331. The first-order valence-corrected chi connectivity index (χ1v) is 12.0. The average molecular weight is 504 g/mol. The van der Waals surface area contributed by atoms with Gasteiger partial charge >= 0.3 is 0 Å². The summed E-state index contributed by atoms with van der Waals surface area (Å²) in [5.41, 5.74) is 0.558. The number of carbonyl (C=O) groups is 1. The van der Waals surface area contributed by atoms with E-state index in [1.807, 2.05) is 6.92 Å². The van der Waals surface area contributed by atoms with Gasteiger partial charge in [-0.3, -0.25) is 19.2 Å². The maximum Gasteiger partial charge on any atom is 0.274 e. The van der Waals surface area contributed by atoms with Crippen LogP contribution in [0.5, 0.6) is 5.75 Å². The van der Waals surface area contributed by atoms with E-state index in [2.05, 4.69) is 5.32 Å². The Balaban J connectivity index is 1.95. The average Bonchev–Trinajstić information content (AvgIpc) is 2.80. The first kappa shape index (κ1) is 25.0. The molecule has 3 aromatic carbocycles. The third-order valence-corrected chi connectivity index (χ3v) is 6.94. The molecule has 0 aliphatic heterocycles. The minimum Gasteiger partial charge on any atom is -0.494 e. The van der Waals surface area contributed by atoms with Crippen LogP contribution in [0, 0.1) is 17.0 Å². The van der Waals surface area contributed by atoms with Crippen LogP contribution >= 0.6 is 11.6 Å². The molecule has 11 heteroatoms. The molecule has 0 spiro atoms. The van der Waals surface area contributed by atoms with Crippen molar-refractivity contribution in [2.24, 2.45) is 0 Å². The third-order valence-electron chi connectivity index (χ3n) is 4.90. The summed E-state index contributed by atoms with van der Waals surface area (Å²) in [6.07, 6.45) is 0. The van der Waals surface area contributed by atoms with Crippen molar-refractivity contribution >= 4 is 44.6 Å². The zero-order chi connectivity index (χ0) is 24.9. The van der Waals surface area contributed by atoms with E-state index in [9.17, 15) is 23.3 Å². The van der Waals surface area contributed by atoms with Crippen LogP contribution in [-0.4, -0.2) is 32.4 Å². The van der Waals surface area contributed by atoms with E-state index in [4.69, 9.17) is 16.3 Å². The largest absolute Gasteiger partial charge is 0.494 e. The van der Waals surface area contributed by atoms with Crippen LogP contribution in [0.1, 0.15) is 12.5 Å². The summed E-state index contributed by atoms with van der Waals surface area (Å²) >= 11 is 5.90. The van der Waals surface area contributed by atoms with E-state index >= 15 is 0 Å². The number of amides is 1. The van der Waals surface area contributed by atoms with Crippen molar-refractivity contribution < 1.29 is 22.9 Å². The van der Waals surface area contributed by atoms with Crippen LogP contribution in [0.15, 0.2) is 71.6 Å². The van der Waals surface area contributed by atoms with E-state index in [0.29, 0.717) is 17.4 Å². The Morgan fingerprint density at radius 2 is 1.74 bits per heavy atom. The fourth-order valence-electron chi connectivity index (χ4n) is 3.20. The predicted octanol–water partition coefficient (Wildman–Crippen LogP) is 4.79. The number of halogens is 1. The van der Waals surface area contributed by atoms with Crippen LogP contribution in [0.25, 0.3) is 0 Å². The second-order valence-corrected chi connectivity index (χ2v) is 9.45. The molecule has 3 rings (SSSR count). The zero-order valence-electron chi connectivity index (χ0n) is 18.4. The first-order valence-electron chi connectivity index (χ1n) is 10.2. The highest BCUT2D eigenvalue weighted by Crippen LogP contribution is 2.28. The summed E-state index contributed by atoms with van der Waals surface area (Å²) in [5, 5.41) is 14.1. The van der Waals surface area contributed by atoms with Crippen LogP contribution in [0.4, 0.5) is 17.1 Å². The highest BCUT2D eigenvalue weighted by atomic mass is 35.5. The van der Waals surface area contributed by atoms with Gasteiger partial charge in [-0.05, 0) is 68.4 Å². The molecule has 1 amide bonds. The fraction of sp³-hybridized carbons (Fsp3) is 0.174. The molecule has 9 nitrogen and oxygen atoms in total. The van der Waals surface area contributed by atoms with Gasteiger partial charge in [0.25, 0.3) is 15.7 Å². The number of nitro groups is 1. The molecule has 0 aromatic heterocycles. The molecular weight excluding hydrogens is 482 g/mol. The summed E-state index contributed by atoms with van der Waals surface area (Å²) in [7, 11) is -4.15. The number of rotatable bonds is 9. The molecule has 0 atom stereocenters. The molecule has 0 aliphatic carbocycles. The normalized spacial score (nSPS) is 11.0. The van der Waals surface area contributed by atoms with Gasteiger partial charge in [0.05, 0.1) is 33.4 Å². The van der Waals surface area contributed by atoms with Gasteiger partial charge in [-0.2, -0.15) is 0 Å². The van der Waals surface area contributed by atoms with Crippen molar-refractivity contribution in [1.29, 1.82) is 0 Å².